The summed E-state index contributed by atoms with van der Waals surface area (Å²) in [5.41, 5.74) is 15.0. The summed E-state index contributed by atoms with van der Waals surface area (Å²) in [5.74, 6) is 1.94. The smallest absolute Gasteiger partial charge is 0.164 e. The number of nitrogens with zero attached hydrogens (tertiary/aromatic N) is 3. The summed E-state index contributed by atoms with van der Waals surface area (Å²) in [6.07, 6.45) is 0. The fourth-order valence-electron chi connectivity index (χ4n) is 7.40. The number of rotatable bonds is 6. The molecule has 8 aromatic rings. The highest BCUT2D eigenvalue weighted by molar-refractivity contribution is 5.86. The highest BCUT2D eigenvalue weighted by Gasteiger charge is 2.35. The maximum Gasteiger partial charge on any atom is 0.164 e. The lowest BCUT2D eigenvalue weighted by molar-refractivity contribution is 0.660. The summed E-state index contributed by atoms with van der Waals surface area (Å²) >= 11 is 0. The van der Waals surface area contributed by atoms with Crippen LogP contribution in [0.1, 0.15) is 25.0 Å². The molecule has 0 amide bonds. The first-order chi connectivity index (χ1) is 25.0. The summed E-state index contributed by atoms with van der Waals surface area (Å²) in [4.78, 5) is 15.2. The van der Waals surface area contributed by atoms with Gasteiger partial charge in [-0.15, -0.1) is 0 Å². The SMILES string of the molecule is CC1(C)c2ccccc2-c2ccc(-c3cc(-c4ccc(-c5ccccc5)cc4)cc(-c4nc(-c5ccccc5)nc(-c5ccccc5)n4)c3)cc21. The Balaban J connectivity index is 1.23. The monoisotopic (exact) mass is 653 g/mol. The van der Waals surface area contributed by atoms with Gasteiger partial charge in [0, 0.05) is 22.1 Å². The van der Waals surface area contributed by atoms with Crippen LogP contribution in [0.2, 0.25) is 0 Å². The zero-order chi connectivity index (χ0) is 34.4. The van der Waals surface area contributed by atoms with E-state index in [0.717, 1.165) is 33.4 Å². The molecular weight excluding hydrogens is 619 g/mol. The average molecular weight is 654 g/mol. The van der Waals surface area contributed by atoms with Gasteiger partial charge in [-0.3, -0.25) is 0 Å². The molecule has 1 heterocycles. The molecule has 0 saturated carbocycles. The molecule has 9 rings (SSSR count). The summed E-state index contributed by atoms with van der Waals surface area (Å²) in [5, 5.41) is 0. The summed E-state index contributed by atoms with van der Waals surface area (Å²) in [6.45, 7) is 4.66. The Morgan fingerprint density at radius 3 is 1.27 bits per heavy atom. The van der Waals surface area contributed by atoms with Gasteiger partial charge >= 0.3 is 0 Å². The standard InChI is InChI=1S/C48H35N3/c1-48(2)43-21-13-12-20-41(43)42-27-26-37(31-44(42)48)39-28-38(34-24-22-33(23-25-34)32-14-6-3-7-15-32)29-40(30-39)47-50-45(35-16-8-4-9-17-35)49-46(51-47)36-18-10-5-11-19-36/h3-31H,1-2H3. The van der Waals surface area contributed by atoms with Crippen molar-refractivity contribution >= 4 is 0 Å². The van der Waals surface area contributed by atoms with Crippen molar-refractivity contribution in [3.63, 3.8) is 0 Å². The summed E-state index contributed by atoms with van der Waals surface area (Å²) in [7, 11) is 0. The van der Waals surface area contributed by atoms with Crippen LogP contribution in [-0.4, -0.2) is 15.0 Å². The first-order valence-electron chi connectivity index (χ1n) is 17.4. The average Bonchev–Trinajstić information content (AvgIpc) is 3.44. The lowest BCUT2D eigenvalue weighted by Crippen LogP contribution is -2.14. The maximum atomic E-state index is 5.11. The van der Waals surface area contributed by atoms with Crippen LogP contribution >= 0.6 is 0 Å². The Labute approximate surface area is 299 Å². The van der Waals surface area contributed by atoms with Crippen LogP contribution in [0, 0.1) is 0 Å². The number of hydrogen-bond acceptors (Lipinski definition) is 3. The van der Waals surface area contributed by atoms with Crippen molar-refractivity contribution in [3.8, 4) is 78.7 Å². The Morgan fingerprint density at radius 1 is 0.294 bits per heavy atom. The zero-order valence-corrected chi connectivity index (χ0v) is 28.6. The highest BCUT2D eigenvalue weighted by atomic mass is 15.0. The van der Waals surface area contributed by atoms with Crippen LogP contribution in [0.25, 0.3) is 78.7 Å². The number of aromatic nitrogens is 3. The number of fused-ring (bicyclic) bond motifs is 3. The number of benzene rings is 7. The van der Waals surface area contributed by atoms with Gasteiger partial charge < -0.3 is 0 Å². The van der Waals surface area contributed by atoms with Crippen LogP contribution in [0.4, 0.5) is 0 Å². The van der Waals surface area contributed by atoms with Crippen molar-refractivity contribution in [2.75, 3.05) is 0 Å². The summed E-state index contributed by atoms with van der Waals surface area (Å²) < 4.78 is 0. The van der Waals surface area contributed by atoms with Gasteiger partial charge in [0.25, 0.3) is 0 Å². The van der Waals surface area contributed by atoms with Crippen molar-refractivity contribution in [2.45, 2.75) is 19.3 Å². The van der Waals surface area contributed by atoms with Crippen molar-refractivity contribution in [3.05, 3.63) is 187 Å². The Bertz CT molecular complexity index is 2460. The van der Waals surface area contributed by atoms with E-state index >= 15 is 0 Å². The molecule has 1 aromatic heterocycles. The lowest BCUT2D eigenvalue weighted by atomic mass is 9.81. The summed E-state index contributed by atoms with van der Waals surface area (Å²) in [6, 6.07) is 62.1. The number of hydrogen-bond donors (Lipinski definition) is 0. The third-order valence-corrected chi connectivity index (χ3v) is 10.1. The minimum absolute atomic E-state index is 0.0982. The van der Waals surface area contributed by atoms with E-state index in [9.17, 15) is 0 Å². The van der Waals surface area contributed by atoms with Gasteiger partial charge in [-0.2, -0.15) is 0 Å². The van der Waals surface area contributed by atoms with Crippen LogP contribution < -0.4 is 0 Å². The van der Waals surface area contributed by atoms with E-state index in [4.69, 9.17) is 15.0 Å². The molecule has 242 valence electrons. The zero-order valence-electron chi connectivity index (χ0n) is 28.6. The van der Waals surface area contributed by atoms with Crippen molar-refractivity contribution in [2.24, 2.45) is 0 Å². The fraction of sp³-hybridized carbons (Fsp3) is 0.0625. The van der Waals surface area contributed by atoms with Gasteiger partial charge in [-0.05, 0) is 79.9 Å². The second-order valence-electron chi connectivity index (χ2n) is 13.7. The van der Waals surface area contributed by atoms with Gasteiger partial charge in [0.2, 0.25) is 0 Å². The highest BCUT2D eigenvalue weighted by Crippen LogP contribution is 2.49. The molecule has 0 fully saturated rings. The van der Waals surface area contributed by atoms with Crippen molar-refractivity contribution < 1.29 is 0 Å². The molecule has 0 spiro atoms. The molecule has 0 saturated heterocycles. The molecule has 1 aliphatic rings. The molecule has 0 radical (unpaired) electrons. The van der Waals surface area contributed by atoms with Crippen LogP contribution in [0.3, 0.4) is 0 Å². The third kappa shape index (κ3) is 5.63. The van der Waals surface area contributed by atoms with Crippen LogP contribution in [0.15, 0.2) is 176 Å². The van der Waals surface area contributed by atoms with Gasteiger partial charge in [-0.25, -0.2) is 15.0 Å². The predicted molar refractivity (Wildman–Crippen MR) is 210 cm³/mol. The first kappa shape index (κ1) is 30.6. The minimum atomic E-state index is -0.0982. The molecule has 0 bridgehead atoms. The second-order valence-corrected chi connectivity index (χ2v) is 13.7. The predicted octanol–water partition coefficient (Wildman–Crippen LogP) is 12.2. The van der Waals surface area contributed by atoms with E-state index in [1.54, 1.807) is 0 Å². The van der Waals surface area contributed by atoms with E-state index in [-0.39, 0.29) is 5.41 Å². The van der Waals surface area contributed by atoms with Crippen LogP contribution in [0.5, 0.6) is 0 Å². The largest absolute Gasteiger partial charge is 0.208 e. The maximum absolute atomic E-state index is 5.11. The minimum Gasteiger partial charge on any atom is -0.208 e. The van der Waals surface area contributed by atoms with Gasteiger partial charge in [-0.1, -0.05) is 166 Å². The Kier molecular flexibility index (Phi) is 7.48. The van der Waals surface area contributed by atoms with Crippen molar-refractivity contribution in [1.82, 2.24) is 15.0 Å². The molecule has 51 heavy (non-hydrogen) atoms. The van der Waals surface area contributed by atoms with E-state index in [2.05, 4.69) is 129 Å². The van der Waals surface area contributed by atoms with E-state index in [1.807, 2.05) is 60.7 Å². The van der Waals surface area contributed by atoms with E-state index < -0.39 is 0 Å². The van der Waals surface area contributed by atoms with Gasteiger partial charge in [0.15, 0.2) is 17.5 Å². The molecule has 0 atom stereocenters. The molecule has 7 aromatic carbocycles. The topological polar surface area (TPSA) is 38.7 Å². The molecule has 0 aliphatic heterocycles. The first-order valence-corrected chi connectivity index (χ1v) is 17.4. The normalized spacial score (nSPS) is 12.7. The Morgan fingerprint density at radius 2 is 0.686 bits per heavy atom. The molecule has 0 N–H and O–H groups in total. The fourth-order valence-corrected chi connectivity index (χ4v) is 7.40. The van der Waals surface area contributed by atoms with Gasteiger partial charge in [0.05, 0.1) is 0 Å². The molecule has 3 nitrogen and oxygen atoms in total. The second kappa shape index (κ2) is 12.5. The molecule has 3 heteroatoms. The Hall–Kier alpha value is -6.45. The van der Waals surface area contributed by atoms with Crippen molar-refractivity contribution in [1.29, 1.82) is 0 Å². The third-order valence-electron chi connectivity index (χ3n) is 10.1. The quantitative estimate of drug-likeness (QED) is 0.179. The van der Waals surface area contributed by atoms with E-state index in [0.29, 0.717) is 17.5 Å². The van der Waals surface area contributed by atoms with Crippen LogP contribution in [-0.2, 0) is 5.41 Å². The lowest BCUT2D eigenvalue weighted by Gasteiger charge is -2.22. The van der Waals surface area contributed by atoms with E-state index in [1.165, 1.54) is 38.9 Å². The molecule has 1 aliphatic carbocycles. The molecular formula is C48H35N3. The van der Waals surface area contributed by atoms with Gasteiger partial charge in [0.1, 0.15) is 0 Å². The molecule has 0 unspecified atom stereocenters.